The summed E-state index contributed by atoms with van der Waals surface area (Å²) >= 11 is 1.80. The number of carbonyl (C=O) groups excluding carboxylic acids is 1. The van der Waals surface area contributed by atoms with Crippen molar-refractivity contribution in [2.24, 2.45) is 0 Å². The summed E-state index contributed by atoms with van der Waals surface area (Å²) < 4.78 is 4.99. The van der Waals surface area contributed by atoms with Crippen molar-refractivity contribution < 1.29 is 14.6 Å². The largest absolute Gasteiger partial charge is 0.505 e. The van der Waals surface area contributed by atoms with Crippen LogP contribution in [0, 0.1) is 6.92 Å². The number of carbonyl (C=O) groups is 1. The molecule has 0 saturated heterocycles. The van der Waals surface area contributed by atoms with Gasteiger partial charge in [-0.25, -0.2) is 4.79 Å². The molecule has 0 amide bonds. The fraction of sp³-hybridized carbons (Fsp3) is 0.423. The molecule has 7 heteroatoms. The van der Waals surface area contributed by atoms with Crippen molar-refractivity contribution >= 4 is 28.8 Å². The van der Waals surface area contributed by atoms with Gasteiger partial charge < -0.3 is 9.84 Å². The molecule has 1 heterocycles. The van der Waals surface area contributed by atoms with Crippen LogP contribution in [0.2, 0.25) is 0 Å². The zero-order valence-corrected chi connectivity index (χ0v) is 20.4. The molecule has 176 valence electrons. The first-order valence-corrected chi connectivity index (χ1v) is 12.6. The van der Waals surface area contributed by atoms with Gasteiger partial charge in [0.15, 0.2) is 0 Å². The van der Waals surface area contributed by atoms with Gasteiger partial charge >= 0.3 is 5.97 Å². The van der Waals surface area contributed by atoms with E-state index < -0.39 is 0 Å². The van der Waals surface area contributed by atoms with Gasteiger partial charge in [0, 0.05) is 11.0 Å². The van der Waals surface area contributed by atoms with Crippen molar-refractivity contribution in [2.75, 3.05) is 12.4 Å². The quantitative estimate of drug-likeness (QED) is 0.140. The third kappa shape index (κ3) is 7.09. The summed E-state index contributed by atoms with van der Waals surface area (Å²) in [6.07, 6.45) is 8.28. The molecule has 0 saturated carbocycles. The lowest BCUT2D eigenvalue weighted by atomic mass is 10.0. The van der Waals surface area contributed by atoms with Crippen LogP contribution in [-0.4, -0.2) is 38.4 Å². The first-order valence-electron chi connectivity index (χ1n) is 11.6. The highest BCUT2D eigenvalue weighted by Gasteiger charge is 2.14. The molecule has 6 nitrogen and oxygen atoms in total. The van der Waals surface area contributed by atoms with Crippen LogP contribution in [0.1, 0.15) is 56.6 Å². The first kappa shape index (κ1) is 24.8. The predicted octanol–water partition coefficient (Wildman–Crippen LogP) is 6.16. The minimum Gasteiger partial charge on any atom is -0.505 e. The maximum atomic E-state index is 11.0. The fourth-order valence-corrected chi connectivity index (χ4v) is 4.56. The molecule has 3 rings (SSSR count). The normalized spacial score (nSPS) is 11.1. The Hall–Kier alpha value is -2.80. The summed E-state index contributed by atoms with van der Waals surface area (Å²) in [5.41, 5.74) is 4.29. The van der Waals surface area contributed by atoms with E-state index in [1.54, 1.807) is 16.6 Å². The highest BCUT2D eigenvalue weighted by molar-refractivity contribution is 7.99. The second-order valence-corrected chi connectivity index (χ2v) is 9.34. The SMILES string of the molecule is C=CC(=O)OCCCCCCSc1ccc2nn(-c3cc(C)cc(CCCC)c3O)nc2c1. The van der Waals surface area contributed by atoms with Crippen molar-refractivity contribution in [3.63, 3.8) is 0 Å². The highest BCUT2D eigenvalue weighted by Crippen LogP contribution is 2.30. The van der Waals surface area contributed by atoms with Crippen LogP contribution < -0.4 is 0 Å². The zero-order chi connectivity index (χ0) is 23.6. The molecule has 0 aliphatic rings. The standard InChI is InChI=1S/C26H33N3O3S/c1-4-6-11-20-16-19(3)17-24(26(20)31)29-27-22-13-12-21(18-23(22)28-29)33-15-10-8-7-9-14-32-25(30)5-2/h5,12-13,16-18,31H,2,4,6-11,14-15H2,1,3H3. The molecule has 0 fully saturated rings. The number of ether oxygens (including phenoxy) is 1. The average Bonchev–Trinajstić information content (AvgIpc) is 3.24. The second kappa shape index (κ2) is 12.4. The monoisotopic (exact) mass is 467 g/mol. The van der Waals surface area contributed by atoms with Crippen LogP contribution in [0.25, 0.3) is 16.7 Å². The van der Waals surface area contributed by atoms with Crippen LogP contribution in [0.3, 0.4) is 0 Å². The van der Waals surface area contributed by atoms with E-state index in [1.165, 1.54) is 6.08 Å². The summed E-state index contributed by atoms with van der Waals surface area (Å²) in [6, 6.07) is 10.1. The minimum atomic E-state index is -0.354. The smallest absolute Gasteiger partial charge is 0.330 e. The Kier molecular flexibility index (Phi) is 9.36. The average molecular weight is 468 g/mol. The number of fused-ring (bicyclic) bond motifs is 1. The second-order valence-electron chi connectivity index (χ2n) is 8.17. The Morgan fingerprint density at radius 1 is 1.12 bits per heavy atom. The number of aryl methyl sites for hydroxylation is 2. The van der Waals surface area contributed by atoms with Crippen molar-refractivity contribution in [2.45, 2.75) is 63.7 Å². The Morgan fingerprint density at radius 3 is 2.70 bits per heavy atom. The number of aromatic nitrogens is 3. The summed E-state index contributed by atoms with van der Waals surface area (Å²) in [5.74, 6) is 0.932. The van der Waals surface area contributed by atoms with Crippen molar-refractivity contribution in [3.8, 4) is 11.4 Å². The topological polar surface area (TPSA) is 77.2 Å². The Morgan fingerprint density at radius 2 is 1.91 bits per heavy atom. The van der Waals surface area contributed by atoms with E-state index in [9.17, 15) is 9.90 Å². The molecule has 0 atom stereocenters. The number of phenols is 1. The number of hydrogen-bond acceptors (Lipinski definition) is 6. The number of unbranched alkanes of at least 4 members (excludes halogenated alkanes) is 4. The highest BCUT2D eigenvalue weighted by atomic mass is 32.2. The number of phenolic OH excluding ortho intramolecular Hbond substituents is 1. The van der Waals surface area contributed by atoms with Gasteiger partial charge in [0.05, 0.1) is 6.61 Å². The lowest BCUT2D eigenvalue weighted by Crippen LogP contribution is -2.02. The molecule has 0 unspecified atom stereocenters. The van der Waals surface area contributed by atoms with Gasteiger partial charge in [-0.1, -0.05) is 38.8 Å². The Balaban J connectivity index is 1.57. The third-order valence-electron chi connectivity index (χ3n) is 5.40. The number of esters is 1. The van der Waals surface area contributed by atoms with Crippen LogP contribution >= 0.6 is 11.8 Å². The maximum Gasteiger partial charge on any atom is 0.330 e. The molecule has 33 heavy (non-hydrogen) atoms. The van der Waals surface area contributed by atoms with E-state index in [0.717, 1.165) is 77.8 Å². The van der Waals surface area contributed by atoms with E-state index in [1.807, 2.05) is 25.1 Å². The molecule has 0 bridgehead atoms. The number of hydrogen-bond donors (Lipinski definition) is 1. The predicted molar refractivity (Wildman–Crippen MR) is 134 cm³/mol. The van der Waals surface area contributed by atoms with Gasteiger partial charge in [-0.3, -0.25) is 0 Å². The Labute approximate surface area is 200 Å². The lowest BCUT2D eigenvalue weighted by molar-refractivity contribution is -0.137. The molecule has 0 aliphatic carbocycles. The summed E-state index contributed by atoms with van der Waals surface area (Å²) in [4.78, 5) is 13.7. The molecule has 1 N–H and O–H groups in total. The third-order valence-corrected chi connectivity index (χ3v) is 6.48. The van der Waals surface area contributed by atoms with E-state index >= 15 is 0 Å². The van der Waals surface area contributed by atoms with Gasteiger partial charge in [0.1, 0.15) is 22.5 Å². The molecule has 0 spiro atoms. The fourth-order valence-electron chi connectivity index (χ4n) is 3.61. The Bertz CT molecular complexity index is 1090. The van der Waals surface area contributed by atoms with Crippen LogP contribution in [-0.2, 0) is 16.0 Å². The maximum absolute atomic E-state index is 11.0. The van der Waals surface area contributed by atoms with Gasteiger partial charge in [-0.2, -0.15) is 0 Å². The van der Waals surface area contributed by atoms with Crippen molar-refractivity contribution in [3.05, 3.63) is 54.1 Å². The van der Waals surface area contributed by atoms with E-state index in [-0.39, 0.29) is 11.7 Å². The van der Waals surface area contributed by atoms with Crippen molar-refractivity contribution in [1.82, 2.24) is 15.0 Å². The van der Waals surface area contributed by atoms with Gasteiger partial charge in [0.25, 0.3) is 0 Å². The van der Waals surface area contributed by atoms with E-state index in [2.05, 4.69) is 35.8 Å². The van der Waals surface area contributed by atoms with Gasteiger partial charge in [-0.05, 0) is 73.8 Å². The van der Waals surface area contributed by atoms with E-state index in [0.29, 0.717) is 12.3 Å². The van der Waals surface area contributed by atoms with E-state index in [4.69, 9.17) is 4.74 Å². The molecule has 1 aromatic heterocycles. The van der Waals surface area contributed by atoms with Gasteiger partial charge in [-0.15, -0.1) is 26.8 Å². The van der Waals surface area contributed by atoms with Crippen molar-refractivity contribution in [1.29, 1.82) is 0 Å². The van der Waals surface area contributed by atoms with Crippen LogP contribution in [0.15, 0.2) is 47.9 Å². The number of aromatic hydroxyl groups is 1. The number of thioether (sulfide) groups is 1. The molecule has 3 aromatic rings. The van der Waals surface area contributed by atoms with Crippen LogP contribution in [0.5, 0.6) is 5.75 Å². The molecule has 0 aliphatic heterocycles. The molecule has 0 radical (unpaired) electrons. The first-order chi connectivity index (χ1) is 16.0. The summed E-state index contributed by atoms with van der Waals surface area (Å²) in [7, 11) is 0. The number of nitrogens with zero attached hydrogens (tertiary/aromatic N) is 3. The number of benzene rings is 2. The lowest BCUT2D eigenvalue weighted by Gasteiger charge is -2.10. The molecular weight excluding hydrogens is 434 g/mol. The summed E-state index contributed by atoms with van der Waals surface area (Å²) in [5, 5.41) is 20.0. The molecule has 2 aromatic carbocycles. The number of rotatable bonds is 13. The minimum absolute atomic E-state index is 0.267. The summed E-state index contributed by atoms with van der Waals surface area (Å²) in [6.45, 7) is 8.03. The molecular formula is C26H33N3O3S. The van der Waals surface area contributed by atoms with Crippen LogP contribution in [0.4, 0.5) is 0 Å². The zero-order valence-electron chi connectivity index (χ0n) is 19.5. The van der Waals surface area contributed by atoms with Gasteiger partial charge in [0.2, 0.25) is 0 Å².